The highest BCUT2D eigenvalue weighted by Gasteiger charge is 2.34. The Balaban J connectivity index is 1.85. The van der Waals surface area contributed by atoms with Gasteiger partial charge in [-0.1, -0.05) is 37.1 Å². The van der Waals surface area contributed by atoms with Gasteiger partial charge in [0, 0.05) is 0 Å². The Morgan fingerprint density at radius 3 is 2.82 bits per heavy atom. The van der Waals surface area contributed by atoms with Gasteiger partial charge in [0.15, 0.2) is 0 Å². The molecule has 0 bridgehead atoms. The van der Waals surface area contributed by atoms with Crippen molar-refractivity contribution < 1.29 is 5.11 Å². The Kier molecular flexibility index (Phi) is 2.96. The zero-order chi connectivity index (χ0) is 11.7. The van der Waals surface area contributed by atoms with Crippen LogP contribution in [0.4, 0.5) is 0 Å². The first-order chi connectivity index (χ1) is 8.28. The van der Waals surface area contributed by atoms with E-state index >= 15 is 0 Å². The zero-order valence-corrected chi connectivity index (χ0v) is 10.5. The van der Waals surface area contributed by atoms with E-state index in [-0.39, 0.29) is 0 Å². The highest BCUT2D eigenvalue weighted by atomic mass is 16.3. The second-order valence-corrected chi connectivity index (χ2v) is 5.88. The molecule has 1 atom stereocenters. The first-order valence-corrected chi connectivity index (χ1v) is 7.09. The maximum Gasteiger partial charge on any atom is 0.0899 e. The number of rotatable bonds is 3. The topological polar surface area (TPSA) is 20.2 Å². The molecule has 1 N–H and O–H groups in total. The number of hydrogen-bond acceptors (Lipinski definition) is 1. The van der Waals surface area contributed by atoms with E-state index in [1.165, 1.54) is 36.8 Å². The molecular weight excluding hydrogens is 208 g/mol. The Morgan fingerprint density at radius 2 is 2.00 bits per heavy atom. The van der Waals surface area contributed by atoms with Crippen LogP contribution in [-0.2, 0) is 12.0 Å². The standard InChI is InChI=1S/C16H22O/c17-16(12-10-13-8-9-13)11-4-3-6-14-5-1-2-7-15(14)16/h1-2,5,7,13,17H,3-4,6,8-12H2. The molecule has 1 heteroatoms. The molecule has 0 aromatic heterocycles. The normalized spacial score (nSPS) is 28.5. The van der Waals surface area contributed by atoms with Gasteiger partial charge in [0.25, 0.3) is 0 Å². The van der Waals surface area contributed by atoms with Crippen LogP contribution < -0.4 is 0 Å². The first-order valence-electron chi connectivity index (χ1n) is 7.09. The van der Waals surface area contributed by atoms with Crippen molar-refractivity contribution in [3.05, 3.63) is 35.4 Å². The fraction of sp³-hybridized carbons (Fsp3) is 0.625. The van der Waals surface area contributed by atoms with Crippen LogP contribution in [-0.4, -0.2) is 5.11 Å². The van der Waals surface area contributed by atoms with Gasteiger partial charge in [-0.25, -0.2) is 0 Å². The third kappa shape index (κ3) is 2.40. The van der Waals surface area contributed by atoms with Gasteiger partial charge in [-0.3, -0.25) is 0 Å². The molecule has 0 radical (unpaired) electrons. The fourth-order valence-corrected chi connectivity index (χ4v) is 3.17. The van der Waals surface area contributed by atoms with Gasteiger partial charge in [0.05, 0.1) is 5.60 Å². The molecule has 3 rings (SSSR count). The summed E-state index contributed by atoms with van der Waals surface area (Å²) in [6, 6.07) is 8.52. The Morgan fingerprint density at radius 1 is 1.18 bits per heavy atom. The third-order valence-electron chi connectivity index (χ3n) is 4.47. The largest absolute Gasteiger partial charge is 0.385 e. The molecule has 0 saturated heterocycles. The summed E-state index contributed by atoms with van der Waals surface area (Å²) in [6.07, 6.45) is 9.44. The van der Waals surface area contributed by atoms with Crippen molar-refractivity contribution in [1.29, 1.82) is 0 Å². The smallest absolute Gasteiger partial charge is 0.0899 e. The van der Waals surface area contributed by atoms with Crippen LogP contribution in [0, 0.1) is 5.92 Å². The summed E-state index contributed by atoms with van der Waals surface area (Å²) in [6.45, 7) is 0. The quantitative estimate of drug-likeness (QED) is 0.783. The summed E-state index contributed by atoms with van der Waals surface area (Å²) in [4.78, 5) is 0. The maximum absolute atomic E-state index is 11.0. The van der Waals surface area contributed by atoms with Crippen LogP contribution in [0.15, 0.2) is 24.3 Å². The van der Waals surface area contributed by atoms with E-state index in [0.29, 0.717) is 0 Å². The van der Waals surface area contributed by atoms with E-state index in [1.807, 2.05) is 0 Å². The summed E-state index contributed by atoms with van der Waals surface area (Å²) in [7, 11) is 0. The van der Waals surface area contributed by atoms with E-state index in [2.05, 4.69) is 24.3 Å². The molecule has 0 spiro atoms. The average molecular weight is 230 g/mol. The lowest BCUT2D eigenvalue weighted by Crippen LogP contribution is -2.26. The minimum atomic E-state index is -0.532. The summed E-state index contributed by atoms with van der Waals surface area (Å²) in [5, 5.41) is 11.0. The molecule has 0 aliphatic heterocycles. The predicted molar refractivity (Wildman–Crippen MR) is 69.9 cm³/mol. The van der Waals surface area contributed by atoms with E-state index in [1.54, 1.807) is 0 Å². The number of benzene rings is 1. The second-order valence-electron chi connectivity index (χ2n) is 5.88. The van der Waals surface area contributed by atoms with E-state index in [9.17, 15) is 5.11 Å². The van der Waals surface area contributed by atoms with Crippen molar-refractivity contribution in [2.45, 2.75) is 57.0 Å². The van der Waals surface area contributed by atoms with E-state index < -0.39 is 5.60 Å². The predicted octanol–water partition coefficient (Wildman–Crippen LogP) is 3.79. The lowest BCUT2D eigenvalue weighted by Gasteiger charge is -2.29. The molecule has 0 heterocycles. The molecule has 1 aromatic rings. The van der Waals surface area contributed by atoms with Crippen molar-refractivity contribution in [3.8, 4) is 0 Å². The molecule has 1 fully saturated rings. The maximum atomic E-state index is 11.0. The van der Waals surface area contributed by atoms with Crippen LogP contribution in [0.25, 0.3) is 0 Å². The van der Waals surface area contributed by atoms with Gasteiger partial charge in [-0.15, -0.1) is 0 Å². The highest BCUT2D eigenvalue weighted by Crippen LogP contribution is 2.42. The summed E-state index contributed by atoms with van der Waals surface area (Å²) in [5.41, 5.74) is 2.07. The van der Waals surface area contributed by atoms with Crippen LogP contribution in [0.5, 0.6) is 0 Å². The number of aryl methyl sites for hydroxylation is 1. The summed E-state index contributed by atoms with van der Waals surface area (Å²) < 4.78 is 0. The van der Waals surface area contributed by atoms with Crippen LogP contribution in [0.2, 0.25) is 0 Å². The molecule has 92 valence electrons. The molecule has 0 amide bonds. The van der Waals surface area contributed by atoms with Gasteiger partial charge in [0.2, 0.25) is 0 Å². The van der Waals surface area contributed by atoms with Gasteiger partial charge in [-0.05, 0) is 55.6 Å². The van der Waals surface area contributed by atoms with Crippen molar-refractivity contribution in [1.82, 2.24) is 0 Å². The summed E-state index contributed by atoms with van der Waals surface area (Å²) in [5.74, 6) is 0.912. The molecular formula is C16H22O. The van der Waals surface area contributed by atoms with Crippen LogP contribution >= 0.6 is 0 Å². The Labute approximate surface area is 104 Å². The number of aliphatic hydroxyl groups is 1. The van der Waals surface area contributed by atoms with Gasteiger partial charge in [0.1, 0.15) is 0 Å². The minimum absolute atomic E-state index is 0.532. The molecule has 1 unspecified atom stereocenters. The van der Waals surface area contributed by atoms with Crippen LogP contribution in [0.1, 0.15) is 56.1 Å². The molecule has 1 nitrogen and oxygen atoms in total. The zero-order valence-electron chi connectivity index (χ0n) is 10.5. The SMILES string of the molecule is OC1(CCC2CC2)CCCCc2ccccc21. The van der Waals surface area contributed by atoms with Gasteiger partial charge < -0.3 is 5.11 Å². The molecule has 1 aromatic carbocycles. The van der Waals surface area contributed by atoms with E-state index in [4.69, 9.17) is 0 Å². The van der Waals surface area contributed by atoms with Crippen molar-refractivity contribution in [3.63, 3.8) is 0 Å². The fourth-order valence-electron chi connectivity index (χ4n) is 3.17. The lowest BCUT2D eigenvalue weighted by molar-refractivity contribution is 0.0146. The van der Waals surface area contributed by atoms with Crippen molar-refractivity contribution in [2.75, 3.05) is 0 Å². The Bertz CT molecular complexity index is 394. The summed E-state index contributed by atoms with van der Waals surface area (Å²) >= 11 is 0. The molecule has 1 saturated carbocycles. The van der Waals surface area contributed by atoms with Gasteiger partial charge >= 0.3 is 0 Å². The van der Waals surface area contributed by atoms with Crippen LogP contribution in [0.3, 0.4) is 0 Å². The highest BCUT2D eigenvalue weighted by molar-refractivity contribution is 5.33. The molecule has 2 aliphatic rings. The number of fused-ring (bicyclic) bond motifs is 1. The third-order valence-corrected chi connectivity index (χ3v) is 4.47. The molecule has 17 heavy (non-hydrogen) atoms. The number of hydrogen-bond donors (Lipinski definition) is 1. The van der Waals surface area contributed by atoms with Crippen molar-refractivity contribution in [2.24, 2.45) is 5.92 Å². The van der Waals surface area contributed by atoms with Gasteiger partial charge in [-0.2, -0.15) is 0 Å². The lowest BCUT2D eigenvalue weighted by atomic mass is 9.83. The first kappa shape index (κ1) is 11.3. The second kappa shape index (κ2) is 4.45. The van der Waals surface area contributed by atoms with E-state index in [0.717, 1.165) is 31.6 Å². The molecule has 2 aliphatic carbocycles. The Hall–Kier alpha value is -0.820. The minimum Gasteiger partial charge on any atom is -0.385 e. The van der Waals surface area contributed by atoms with Crippen molar-refractivity contribution >= 4 is 0 Å². The monoisotopic (exact) mass is 230 g/mol. The average Bonchev–Trinajstić information content (AvgIpc) is 3.16.